The largest absolute Gasteiger partial charge is 0.372 e. The molecule has 21 heavy (non-hydrogen) atoms. The van der Waals surface area contributed by atoms with E-state index in [1.807, 2.05) is 18.4 Å². The number of para-hydroxylation sites is 1. The highest BCUT2D eigenvalue weighted by atomic mass is 35.5. The van der Waals surface area contributed by atoms with E-state index < -0.39 is 5.69 Å². The van der Waals surface area contributed by atoms with Crippen LogP contribution in [-0.2, 0) is 0 Å². The Balaban J connectivity index is 2.43. The van der Waals surface area contributed by atoms with Crippen LogP contribution in [0.25, 0.3) is 16.0 Å². The predicted octanol–water partition coefficient (Wildman–Crippen LogP) is 3.26. The molecule has 2 aromatic heterocycles. The van der Waals surface area contributed by atoms with E-state index in [0.29, 0.717) is 22.2 Å². The monoisotopic (exact) mass is 338 g/mol. The van der Waals surface area contributed by atoms with Crippen LogP contribution in [0, 0.1) is 0 Å². The average molecular weight is 339 g/mol. The van der Waals surface area contributed by atoms with Crippen molar-refractivity contribution in [2.75, 3.05) is 18.6 Å². The van der Waals surface area contributed by atoms with Crippen molar-refractivity contribution < 1.29 is 0 Å². The first kappa shape index (κ1) is 14.4. The Kier molecular flexibility index (Phi) is 3.88. The molecule has 1 aromatic carbocycles. The lowest BCUT2D eigenvalue weighted by molar-refractivity contribution is 0.943. The lowest BCUT2D eigenvalue weighted by atomic mass is 10.3. The van der Waals surface area contributed by atoms with Gasteiger partial charge in [0.05, 0.1) is 10.7 Å². The van der Waals surface area contributed by atoms with Crippen molar-refractivity contribution >= 4 is 50.9 Å². The Morgan fingerprint density at radius 3 is 2.76 bits per heavy atom. The van der Waals surface area contributed by atoms with Crippen LogP contribution in [0.4, 0.5) is 5.82 Å². The molecule has 3 rings (SSSR count). The predicted molar refractivity (Wildman–Crippen MR) is 89.3 cm³/mol. The fraction of sp³-hybridized carbons (Fsp3) is 0.154. The third-order valence-electron chi connectivity index (χ3n) is 2.92. The number of hydrogen-bond donors (Lipinski definition) is 1. The smallest absolute Gasteiger partial charge is 0.355 e. The molecule has 108 valence electrons. The highest BCUT2D eigenvalue weighted by Crippen LogP contribution is 2.33. The summed E-state index contributed by atoms with van der Waals surface area (Å²) in [7, 11) is 1.74. The fourth-order valence-electron chi connectivity index (χ4n) is 1.99. The van der Waals surface area contributed by atoms with Crippen molar-refractivity contribution in [2.24, 2.45) is 0 Å². The van der Waals surface area contributed by atoms with Gasteiger partial charge in [0.1, 0.15) is 4.70 Å². The number of nitrogens with one attached hydrogen (secondary N) is 1. The van der Waals surface area contributed by atoms with E-state index in [4.69, 9.17) is 11.6 Å². The minimum absolute atomic E-state index is 0.405. The highest BCUT2D eigenvalue weighted by molar-refractivity contribution is 8.00. The number of thioether (sulfide) groups is 1. The summed E-state index contributed by atoms with van der Waals surface area (Å²) in [5.74, 6) is 0.538. The molecule has 1 N–H and O–H groups in total. The standard InChI is InChI=1S/C13H11ClN4OS2/c1-15-10-9-11(17-13(20-2)21-9)18(12(19)16-10)8-6-4-3-5-7(8)14/h3-6H,1-2H3,(H,15,16,19). The number of anilines is 1. The second-order valence-corrected chi connectivity index (χ2v) is 6.58. The van der Waals surface area contributed by atoms with Gasteiger partial charge in [-0.25, -0.2) is 14.3 Å². The van der Waals surface area contributed by atoms with Crippen molar-refractivity contribution in [3.05, 3.63) is 39.8 Å². The van der Waals surface area contributed by atoms with Gasteiger partial charge in [0.25, 0.3) is 0 Å². The van der Waals surface area contributed by atoms with Gasteiger partial charge < -0.3 is 5.32 Å². The van der Waals surface area contributed by atoms with E-state index in [9.17, 15) is 4.79 Å². The van der Waals surface area contributed by atoms with Gasteiger partial charge >= 0.3 is 5.69 Å². The quantitative estimate of drug-likeness (QED) is 0.743. The second-order valence-electron chi connectivity index (χ2n) is 4.12. The van der Waals surface area contributed by atoms with Crippen LogP contribution in [-0.4, -0.2) is 27.8 Å². The summed E-state index contributed by atoms with van der Waals surface area (Å²) < 4.78 is 3.16. The molecule has 0 amide bonds. The van der Waals surface area contributed by atoms with E-state index in [1.165, 1.54) is 27.7 Å². The Morgan fingerprint density at radius 2 is 2.10 bits per heavy atom. The number of hydrogen-bond acceptors (Lipinski definition) is 6. The van der Waals surface area contributed by atoms with Crippen LogP contribution in [0.2, 0.25) is 5.02 Å². The number of benzene rings is 1. The number of aromatic nitrogens is 3. The number of fused-ring (bicyclic) bond motifs is 1. The Bertz CT molecular complexity index is 874. The van der Waals surface area contributed by atoms with Crippen LogP contribution < -0.4 is 11.0 Å². The lowest BCUT2D eigenvalue weighted by Gasteiger charge is -2.09. The van der Waals surface area contributed by atoms with Crippen LogP contribution in [0.15, 0.2) is 33.4 Å². The maximum absolute atomic E-state index is 12.4. The SMILES string of the molecule is CNc1nc(=O)n(-c2ccccc2Cl)c2nc(SC)sc12. The number of rotatable bonds is 3. The normalized spacial score (nSPS) is 11.0. The van der Waals surface area contributed by atoms with Gasteiger partial charge in [0, 0.05) is 7.05 Å². The van der Waals surface area contributed by atoms with Crippen molar-refractivity contribution in [3.8, 4) is 5.69 Å². The molecular weight excluding hydrogens is 328 g/mol. The number of nitrogens with zero attached hydrogens (tertiary/aromatic N) is 3. The molecule has 0 saturated heterocycles. The van der Waals surface area contributed by atoms with Crippen LogP contribution in [0.3, 0.4) is 0 Å². The highest BCUT2D eigenvalue weighted by Gasteiger charge is 2.17. The molecule has 8 heteroatoms. The van der Waals surface area contributed by atoms with Gasteiger partial charge in [0.15, 0.2) is 15.8 Å². The molecule has 2 heterocycles. The van der Waals surface area contributed by atoms with Crippen molar-refractivity contribution in [2.45, 2.75) is 4.34 Å². The molecule has 0 saturated carbocycles. The fourth-order valence-corrected chi connectivity index (χ4v) is 3.75. The average Bonchev–Trinajstić information content (AvgIpc) is 2.91. The van der Waals surface area contributed by atoms with E-state index >= 15 is 0 Å². The van der Waals surface area contributed by atoms with Gasteiger partial charge in [-0.2, -0.15) is 4.98 Å². The summed E-state index contributed by atoms with van der Waals surface area (Å²) in [6.45, 7) is 0. The summed E-state index contributed by atoms with van der Waals surface area (Å²) in [6.07, 6.45) is 1.95. The van der Waals surface area contributed by atoms with Crippen LogP contribution in [0.1, 0.15) is 0 Å². The lowest BCUT2D eigenvalue weighted by Crippen LogP contribution is -2.23. The van der Waals surface area contributed by atoms with E-state index in [-0.39, 0.29) is 0 Å². The zero-order valence-electron chi connectivity index (χ0n) is 11.3. The molecule has 0 unspecified atom stereocenters. The Hall–Kier alpha value is -1.57. The number of thiazole rings is 1. The van der Waals surface area contributed by atoms with E-state index in [2.05, 4.69) is 15.3 Å². The molecule has 0 aliphatic carbocycles. The first-order chi connectivity index (χ1) is 10.2. The van der Waals surface area contributed by atoms with E-state index in [1.54, 1.807) is 19.2 Å². The summed E-state index contributed by atoms with van der Waals surface area (Å²) in [4.78, 5) is 21.0. The van der Waals surface area contributed by atoms with Gasteiger partial charge in [-0.15, -0.1) is 11.3 Å². The summed E-state index contributed by atoms with van der Waals surface area (Å²) >= 11 is 9.24. The second kappa shape index (κ2) is 5.67. The van der Waals surface area contributed by atoms with Gasteiger partial charge in [-0.1, -0.05) is 35.5 Å². The minimum Gasteiger partial charge on any atom is -0.372 e. The third kappa shape index (κ3) is 2.41. The van der Waals surface area contributed by atoms with Crippen molar-refractivity contribution in [3.63, 3.8) is 0 Å². The maximum atomic E-state index is 12.4. The third-order valence-corrected chi connectivity index (χ3v) is 5.28. The minimum atomic E-state index is -0.405. The molecule has 0 fully saturated rings. The summed E-state index contributed by atoms with van der Waals surface area (Å²) in [5, 5.41) is 3.43. The Labute approximate surface area is 134 Å². The maximum Gasteiger partial charge on any atom is 0.355 e. The van der Waals surface area contributed by atoms with Crippen molar-refractivity contribution in [1.82, 2.24) is 14.5 Å². The van der Waals surface area contributed by atoms with Crippen LogP contribution >= 0.6 is 34.7 Å². The molecule has 0 radical (unpaired) electrons. The van der Waals surface area contributed by atoms with Gasteiger partial charge in [-0.05, 0) is 18.4 Å². The molecule has 5 nitrogen and oxygen atoms in total. The number of halogens is 1. The topological polar surface area (TPSA) is 59.8 Å². The van der Waals surface area contributed by atoms with Crippen LogP contribution in [0.5, 0.6) is 0 Å². The van der Waals surface area contributed by atoms with Gasteiger partial charge in [-0.3, -0.25) is 0 Å². The molecular formula is C13H11ClN4OS2. The Morgan fingerprint density at radius 1 is 1.33 bits per heavy atom. The summed E-state index contributed by atoms with van der Waals surface area (Å²) in [5.41, 5.74) is 0.752. The molecule has 0 bridgehead atoms. The van der Waals surface area contributed by atoms with E-state index in [0.717, 1.165) is 9.04 Å². The van der Waals surface area contributed by atoms with Gasteiger partial charge in [0.2, 0.25) is 0 Å². The first-order valence-electron chi connectivity index (χ1n) is 6.06. The molecule has 0 aliphatic heterocycles. The molecule has 0 spiro atoms. The first-order valence-corrected chi connectivity index (χ1v) is 8.48. The zero-order valence-corrected chi connectivity index (χ0v) is 13.6. The molecule has 0 atom stereocenters. The molecule has 0 aliphatic rings. The molecule has 3 aromatic rings. The zero-order chi connectivity index (χ0) is 15.0. The van der Waals surface area contributed by atoms with Crippen molar-refractivity contribution in [1.29, 1.82) is 0 Å². The summed E-state index contributed by atoms with van der Waals surface area (Å²) in [6, 6.07) is 7.16.